The highest BCUT2D eigenvalue weighted by atomic mass is 16.6. The fraction of sp³-hybridized carbons (Fsp3) is 0.636. The van der Waals surface area contributed by atoms with Gasteiger partial charge in [-0.1, -0.05) is 6.92 Å². The van der Waals surface area contributed by atoms with Gasteiger partial charge in [0.25, 0.3) is 0 Å². The van der Waals surface area contributed by atoms with Gasteiger partial charge in [-0.3, -0.25) is 10.1 Å². The van der Waals surface area contributed by atoms with E-state index in [2.05, 4.69) is 20.6 Å². The van der Waals surface area contributed by atoms with Gasteiger partial charge in [-0.2, -0.15) is 0 Å². The third kappa shape index (κ3) is 3.50. The van der Waals surface area contributed by atoms with Crippen LogP contribution in [-0.2, 0) is 0 Å². The third-order valence-corrected chi connectivity index (χ3v) is 3.11. The zero-order valence-corrected chi connectivity index (χ0v) is 11.3. The normalized spacial score (nSPS) is 13.7. The van der Waals surface area contributed by atoms with E-state index in [1.165, 1.54) is 6.33 Å². The van der Waals surface area contributed by atoms with Crippen molar-refractivity contribution in [1.82, 2.24) is 9.97 Å². The Kier molecular flexibility index (Phi) is 4.99. The smallest absolute Gasteiger partial charge is 0.353 e. The second-order valence-electron chi connectivity index (χ2n) is 4.44. The molecule has 0 saturated heterocycles. The molecule has 1 atom stereocenters. The predicted molar refractivity (Wildman–Crippen MR) is 72.3 cm³/mol. The lowest BCUT2D eigenvalue weighted by Gasteiger charge is -2.29. The van der Waals surface area contributed by atoms with Gasteiger partial charge in [0.1, 0.15) is 6.33 Å². The molecular formula is C11H19N5O3. The van der Waals surface area contributed by atoms with Gasteiger partial charge in [-0.05, 0) is 19.8 Å². The Morgan fingerprint density at radius 2 is 2.11 bits per heavy atom. The first-order chi connectivity index (χ1) is 8.97. The Balaban J connectivity index is 3.16. The Hall–Kier alpha value is -1.96. The maximum atomic E-state index is 11.1. The molecule has 0 fully saturated rings. The summed E-state index contributed by atoms with van der Waals surface area (Å²) in [4.78, 5) is 18.4. The zero-order valence-electron chi connectivity index (χ0n) is 11.3. The Morgan fingerprint density at radius 1 is 1.47 bits per heavy atom. The van der Waals surface area contributed by atoms with Gasteiger partial charge in [-0.25, -0.2) is 9.97 Å². The molecule has 0 saturated carbocycles. The molecular weight excluding hydrogens is 250 g/mol. The molecule has 1 aromatic heterocycles. The largest absolute Gasteiger partial charge is 0.396 e. The minimum atomic E-state index is -0.525. The van der Waals surface area contributed by atoms with Gasteiger partial charge < -0.3 is 15.7 Å². The number of nitrogens with zero attached hydrogens (tertiary/aromatic N) is 3. The van der Waals surface area contributed by atoms with Crippen LogP contribution in [0.4, 0.5) is 17.3 Å². The molecule has 19 heavy (non-hydrogen) atoms. The molecule has 0 amide bonds. The Bertz CT molecular complexity index is 454. The van der Waals surface area contributed by atoms with Crippen LogP contribution >= 0.6 is 0 Å². The highest BCUT2D eigenvalue weighted by Crippen LogP contribution is 2.31. The molecule has 8 nitrogen and oxygen atoms in total. The summed E-state index contributed by atoms with van der Waals surface area (Å²) in [6, 6.07) is 0. The van der Waals surface area contributed by atoms with E-state index in [0.717, 1.165) is 0 Å². The first-order valence-corrected chi connectivity index (χ1v) is 6.03. The van der Waals surface area contributed by atoms with E-state index in [-0.39, 0.29) is 23.9 Å². The molecule has 0 radical (unpaired) electrons. The van der Waals surface area contributed by atoms with Gasteiger partial charge in [0.05, 0.1) is 4.92 Å². The molecule has 0 spiro atoms. The van der Waals surface area contributed by atoms with Gasteiger partial charge in [-0.15, -0.1) is 0 Å². The van der Waals surface area contributed by atoms with E-state index >= 15 is 0 Å². The molecule has 0 aliphatic carbocycles. The number of hydrogen-bond donors (Lipinski definition) is 3. The summed E-state index contributed by atoms with van der Waals surface area (Å²) < 4.78 is 0. The van der Waals surface area contributed by atoms with Crippen molar-refractivity contribution in [1.29, 1.82) is 0 Å². The molecule has 0 aliphatic rings. The number of anilines is 2. The standard InChI is InChI=1S/C11H19N5O3/c1-4-11(2,5-6-17)15-10-8(16(18)19)9(12-3)13-7-14-10/h7,17H,4-6H2,1-3H3,(H2,12,13,14,15). The number of hydrogen-bond acceptors (Lipinski definition) is 7. The number of aliphatic hydroxyl groups excluding tert-OH is 1. The van der Waals surface area contributed by atoms with Gasteiger partial charge in [0, 0.05) is 19.2 Å². The number of nitrogens with one attached hydrogen (secondary N) is 2. The summed E-state index contributed by atoms with van der Waals surface area (Å²) in [5.41, 5.74) is -0.651. The minimum Gasteiger partial charge on any atom is -0.396 e. The summed E-state index contributed by atoms with van der Waals surface area (Å²) >= 11 is 0. The Morgan fingerprint density at radius 3 is 2.58 bits per heavy atom. The average Bonchev–Trinajstić information content (AvgIpc) is 2.38. The second kappa shape index (κ2) is 6.28. The van der Waals surface area contributed by atoms with Crippen LogP contribution in [0.3, 0.4) is 0 Å². The van der Waals surface area contributed by atoms with E-state index < -0.39 is 10.5 Å². The average molecular weight is 269 g/mol. The molecule has 0 aromatic carbocycles. The third-order valence-electron chi connectivity index (χ3n) is 3.11. The highest BCUT2D eigenvalue weighted by molar-refractivity contribution is 5.69. The van der Waals surface area contributed by atoms with Crippen molar-refractivity contribution < 1.29 is 10.0 Å². The van der Waals surface area contributed by atoms with E-state index in [0.29, 0.717) is 12.8 Å². The highest BCUT2D eigenvalue weighted by Gasteiger charge is 2.28. The monoisotopic (exact) mass is 269 g/mol. The number of aromatic nitrogens is 2. The summed E-state index contributed by atoms with van der Waals surface area (Å²) in [5, 5.41) is 25.9. The SMILES string of the molecule is CCC(C)(CCO)Nc1ncnc(NC)c1[N+](=O)[O-]. The molecule has 1 unspecified atom stereocenters. The van der Waals surface area contributed by atoms with Crippen LogP contribution in [0.15, 0.2) is 6.33 Å². The van der Waals surface area contributed by atoms with Crippen molar-refractivity contribution in [2.24, 2.45) is 0 Å². The van der Waals surface area contributed by atoms with Crippen LogP contribution in [0.1, 0.15) is 26.7 Å². The Labute approximate surface area is 111 Å². The first-order valence-electron chi connectivity index (χ1n) is 6.03. The van der Waals surface area contributed by atoms with Crippen LogP contribution in [0.25, 0.3) is 0 Å². The molecule has 8 heteroatoms. The van der Waals surface area contributed by atoms with Crippen molar-refractivity contribution in [2.75, 3.05) is 24.3 Å². The van der Waals surface area contributed by atoms with E-state index in [1.54, 1.807) is 7.05 Å². The van der Waals surface area contributed by atoms with Gasteiger partial charge in [0.2, 0.25) is 11.6 Å². The van der Waals surface area contributed by atoms with Crippen LogP contribution < -0.4 is 10.6 Å². The maximum Gasteiger partial charge on any atom is 0.353 e. The van der Waals surface area contributed by atoms with Gasteiger partial charge >= 0.3 is 5.69 Å². The quantitative estimate of drug-likeness (QED) is 0.506. The molecule has 1 rings (SSSR count). The van der Waals surface area contributed by atoms with Crippen molar-refractivity contribution in [3.63, 3.8) is 0 Å². The van der Waals surface area contributed by atoms with Crippen molar-refractivity contribution in [3.05, 3.63) is 16.4 Å². The zero-order chi connectivity index (χ0) is 14.5. The first kappa shape index (κ1) is 15.1. The summed E-state index contributed by atoms with van der Waals surface area (Å²) in [6.07, 6.45) is 2.43. The summed E-state index contributed by atoms with van der Waals surface area (Å²) in [5.74, 6) is 0.312. The van der Waals surface area contributed by atoms with Crippen LogP contribution in [-0.4, -0.2) is 39.2 Å². The minimum absolute atomic E-state index is 0.00486. The van der Waals surface area contributed by atoms with Crippen molar-refractivity contribution >= 4 is 17.3 Å². The predicted octanol–water partition coefficient (Wildman–Crippen LogP) is 1.39. The van der Waals surface area contributed by atoms with E-state index in [9.17, 15) is 10.1 Å². The van der Waals surface area contributed by atoms with Gasteiger partial charge in [0.15, 0.2) is 0 Å². The molecule has 3 N–H and O–H groups in total. The van der Waals surface area contributed by atoms with Crippen LogP contribution in [0, 0.1) is 10.1 Å². The lowest BCUT2D eigenvalue weighted by atomic mass is 9.95. The topological polar surface area (TPSA) is 113 Å². The second-order valence-corrected chi connectivity index (χ2v) is 4.44. The van der Waals surface area contributed by atoms with Crippen LogP contribution in [0.2, 0.25) is 0 Å². The molecule has 0 aliphatic heterocycles. The number of rotatable bonds is 7. The summed E-state index contributed by atoms with van der Waals surface area (Å²) in [7, 11) is 1.56. The van der Waals surface area contributed by atoms with E-state index in [1.807, 2.05) is 13.8 Å². The number of aliphatic hydroxyl groups is 1. The maximum absolute atomic E-state index is 11.1. The fourth-order valence-corrected chi connectivity index (χ4v) is 1.69. The molecule has 0 bridgehead atoms. The molecule has 1 heterocycles. The van der Waals surface area contributed by atoms with E-state index in [4.69, 9.17) is 5.11 Å². The fourth-order valence-electron chi connectivity index (χ4n) is 1.69. The van der Waals surface area contributed by atoms with Crippen LogP contribution in [0.5, 0.6) is 0 Å². The molecule has 106 valence electrons. The van der Waals surface area contributed by atoms with Crippen molar-refractivity contribution in [2.45, 2.75) is 32.2 Å². The number of nitro groups is 1. The summed E-state index contributed by atoms with van der Waals surface area (Å²) in [6.45, 7) is 3.82. The molecule has 1 aromatic rings. The van der Waals surface area contributed by atoms with Crippen molar-refractivity contribution in [3.8, 4) is 0 Å². The lowest BCUT2D eigenvalue weighted by Crippen LogP contribution is -2.35. The lowest BCUT2D eigenvalue weighted by molar-refractivity contribution is -0.383.